The van der Waals surface area contributed by atoms with E-state index in [1.54, 1.807) is 31.2 Å². The molecule has 140 valence electrons. The van der Waals surface area contributed by atoms with Crippen LogP contribution in [-0.4, -0.2) is 17.1 Å². The van der Waals surface area contributed by atoms with E-state index in [9.17, 15) is 27.2 Å². The molecule has 9 heteroatoms. The van der Waals surface area contributed by atoms with Crippen LogP contribution in [0.25, 0.3) is 0 Å². The maximum absolute atomic E-state index is 13.7. The maximum atomic E-state index is 13.7. The molecular formula is C18H12F4N2O2S. The first kappa shape index (κ1) is 17.8. The molecule has 0 radical (unpaired) electrons. The molecule has 4 nitrogen and oxygen atoms in total. The number of anilines is 2. The number of para-hydroxylation sites is 1. The van der Waals surface area contributed by atoms with Gasteiger partial charge in [0.05, 0.1) is 10.8 Å². The van der Waals surface area contributed by atoms with E-state index in [4.69, 9.17) is 0 Å². The number of hydrogen-bond donors (Lipinski definition) is 1. The summed E-state index contributed by atoms with van der Waals surface area (Å²) in [5, 5.41) is 2.01. The number of alkyl halides is 3. The summed E-state index contributed by atoms with van der Waals surface area (Å²) in [5.74, 6) is -2.49. The maximum Gasteiger partial charge on any atom is 0.419 e. The number of halogens is 4. The molecule has 0 saturated carbocycles. The van der Waals surface area contributed by atoms with Gasteiger partial charge in [0.15, 0.2) is 0 Å². The van der Waals surface area contributed by atoms with Gasteiger partial charge >= 0.3 is 6.18 Å². The summed E-state index contributed by atoms with van der Waals surface area (Å²) in [4.78, 5) is 25.2. The standard InChI is InChI=1S/C18H12F4N2O2S/c1-9-15(25)24(10-6-7-13(19)12(8-10)18(20,21)22)17(27-9)11-4-2-3-5-14(11)23-16(17)26/h2-9H,1H3,(H,23,26)/t9-,17-/m0/s1. The lowest BCUT2D eigenvalue weighted by atomic mass is 10.0. The highest BCUT2D eigenvalue weighted by molar-refractivity contribution is 8.03. The van der Waals surface area contributed by atoms with Crippen molar-refractivity contribution in [2.24, 2.45) is 0 Å². The molecule has 0 bridgehead atoms. The second-order valence-electron chi connectivity index (χ2n) is 6.24. The first-order valence-corrected chi connectivity index (χ1v) is 8.84. The highest BCUT2D eigenvalue weighted by Crippen LogP contribution is 2.56. The molecule has 2 aliphatic heterocycles. The van der Waals surface area contributed by atoms with Gasteiger partial charge in [0.2, 0.25) is 10.8 Å². The molecule has 2 heterocycles. The van der Waals surface area contributed by atoms with Gasteiger partial charge in [-0.25, -0.2) is 4.39 Å². The number of nitrogens with zero attached hydrogens (tertiary/aromatic N) is 1. The molecule has 0 aromatic heterocycles. The van der Waals surface area contributed by atoms with E-state index in [1.807, 2.05) is 0 Å². The fourth-order valence-corrected chi connectivity index (χ4v) is 4.91. The lowest BCUT2D eigenvalue weighted by molar-refractivity contribution is -0.140. The molecule has 0 unspecified atom stereocenters. The van der Waals surface area contributed by atoms with Crippen molar-refractivity contribution in [2.75, 3.05) is 10.2 Å². The second-order valence-corrected chi connectivity index (χ2v) is 7.77. The molecule has 27 heavy (non-hydrogen) atoms. The molecule has 2 atom stereocenters. The zero-order valence-corrected chi connectivity index (χ0v) is 14.6. The van der Waals surface area contributed by atoms with Crippen molar-refractivity contribution in [1.29, 1.82) is 0 Å². The topological polar surface area (TPSA) is 49.4 Å². The van der Waals surface area contributed by atoms with E-state index in [2.05, 4.69) is 5.32 Å². The summed E-state index contributed by atoms with van der Waals surface area (Å²) < 4.78 is 53.1. The fraction of sp³-hybridized carbons (Fsp3) is 0.222. The van der Waals surface area contributed by atoms with Crippen LogP contribution in [0.4, 0.5) is 28.9 Å². The van der Waals surface area contributed by atoms with Crippen LogP contribution >= 0.6 is 11.8 Å². The molecule has 0 aliphatic carbocycles. The third-order valence-electron chi connectivity index (χ3n) is 4.59. The average Bonchev–Trinajstić information content (AvgIpc) is 3.02. The number of carbonyl (C=O) groups excluding carboxylic acids is 2. The van der Waals surface area contributed by atoms with Crippen molar-refractivity contribution in [1.82, 2.24) is 0 Å². The minimum atomic E-state index is -4.93. The van der Waals surface area contributed by atoms with Gasteiger partial charge in [0.25, 0.3) is 5.91 Å². The van der Waals surface area contributed by atoms with E-state index in [0.717, 1.165) is 22.7 Å². The molecule has 1 spiro atoms. The van der Waals surface area contributed by atoms with Gasteiger partial charge in [0, 0.05) is 16.9 Å². The van der Waals surface area contributed by atoms with Crippen LogP contribution in [0.3, 0.4) is 0 Å². The Balaban J connectivity index is 1.94. The molecule has 2 aromatic rings. The Morgan fingerprint density at radius 1 is 1.15 bits per heavy atom. The van der Waals surface area contributed by atoms with E-state index in [-0.39, 0.29) is 5.69 Å². The fourth-order valence-electron chi connectivity index (χ4n) is 3.43. The van der Waals surface area contributed by atoms with Gasteiger partial charge in [-0.3, -0.25) is 14.5 Å². The van der Waals surface area contributed by atoms with Gasteiger partial charge in [-0.1, -0.05) is 18.2 Å². The molecule has 1 N–H and O–H groups in total. The zero-order valence-electron chi connectivity index (χ0n) is 13.8. The van der Waals surface area contributed by atoms with E-state index in [0.29, 0.717) is 23.4 Å². The van der Waals surface area contributed by atoms with Gasteiger partial charge in [-0.2, -0.15) is 13.2 Å². The van der Waals surface area contributed by atoms with Crippen LogP contribution in [0, 0.1) is 5.82 Å². The Bertz CT molecular complexity index is 978. The van der Waals surface area contributed by atoms with Crippen molar-refractivity contribution < 1.29 is 27.2 Å². The van der Waals surface area contributed by atoms with Crippen molar-refractivity contribution in [3.05, 3.63) is 59.4 Å². The molecule has 1 fully saturated rings. The van der Waals surface area contributed by atoms with Crippen molar-refractivity contribution in [3.63, 3.8) is 0 Å². The van der Waals surface area contributed by atoms with Gasteiger partial charge in [0.1, 0.15) is 5.82 Å². The molecule has 1 saturated heterocycles. The Morgan fingerprint density at radius 2 is 1.85 bits per heavy atom. The highest BCUT2D eigenvalue weighted by Gasteiger charge is 2.61. The van der Waals surface area contributed by atoms with E-state index < -0.39 is 39.5 Å². The van der Waals surface area contributed by atoms with Gasteiger partial charge in [-0.05, 0) is 31.2 Å². The largest absolute Gasteiger partial charge is 0.419 e. The van der Waals surface area contributed by atoms with Crippen LogP contribution in [0.5, 0.6) is 0 Å². The van der Waals surface area contributed by atoms with Crippen LogP contribution in [0.1, 0.15) is 18.1 Å². The highest BCUT2D eigenvalue weighted by atomic mass is 32.2. The lowest BCUT2D eigenvalue weighted by Crippen LogP contribution is -2.47. The lowest BCUT2D eigenvalue weighted by Gasteiger charge is -2.32. The normalized spacial score (nSPS) is 24.5. The molecule has 2 aromatic carbocycles. The number of amides is 2. The Morgan fingerprint density at radius 3 is 2.56 bits per heavy atom. The number of hydrogen-bond acceptors (Lipinski definition) is 3. The number of nitrogens with one attached hydrogen (secondary N) is 1. The summed E-state index contributed by atoms with van der Waals surface area (Å²) in [6, 6.07) is 8.99. The van der Waals surface area contributed by atoms with Crippen LogP contribution in [0.15, 0.2) is 42.5 Å². The monoisotopic (exact) mass is 396 g/mol. The summed E-state index contributed by atoms with van der Waals surface area (Å²) in [7, 11) is 0. The van der Waals surface area contributed by atoms with Crippen LogP contribution in [0.2, 0.25) is 0 Å². The minimum absolute atomic E-state index is 0.183. The Labute approximate surface area is 155 Å². The number of fused-ring (bicyclic) bond motifs is 2. The SMILES string of the molecule is C[C@@H]1S[C@@]2(C(=O)Nc3ccccc32)N(c2ccc(F)c(C(F)(F)F)c2)C1=O. The minimum Gasteiger partial charge on any atom is -0.323 e. The third kappa shape index (κ3) is 2.44. The first-order chi connectivity index (χ1) is 12.7. The van der Waals surface area contributed by atoms with Gasteiger partial charge < -0.3 is 5.32 Å². The van der Waals surface area contributed by atoms with E-state index >= 15 is 0 Å². The predicted octanol–water partition coefficient (Wildman–Crippen LogP) is 4.12. The van der Waals surface area contributed by atoms with Crippen molar-refractivity contribution in [3.8, 4) is 0 Å². The summed E-state index contributed by atoms with van der Waals surface area (Å²) in [5.41, 5.74) is -0.702. The number of thioether (sulfide) groups is 1. The predicted molar refractivity (Wildman–Crippen MR) is 92.7 cm³/mol. The Hall–Kier alpha value is -2.55. The third-order valence-corrected chi connectivity index (χ3v) is 6.08. The van der Waals surface area contributed by atoms with Crippen LogP contribution in [-0.2, 0) is 20.6 Å². The summed E-state index contributed by atoms with van der Waals surface area (Å²) >= 11 is 1.04. The molecule has 2 amide bonds. The number of carbonyl (C=O) groups is 2. The quantitative estimate of drug-likeness (QED) is 0.738. The average molecular weight is 396 g/mol. The van der Waals surface area contributed by atoms with Crippen LogP contribution < -0.4 is 10.2 Å². The van der Waals surface area contributed by atoms with Crippen molar-refractivity contribution in [2.45, 2.75) is 23.2 Å². The second kappa shape index (κ2) is 5.72. The van der Waals surface area contributed by atoms with E-state index in [1.165, 1.54) is 0 Å². The number of benzene rings is 2. The Kier molecular flexibility index (Phi) is 3.78. The van der Waals surface area contributed by atoms with Gasteiger partial charge in [-0.15, -0.1) is 11.8 Å². The zero-order chi connectivity index (χ0) is 19.6. The summed E-state index contributed by atoms with van der Waals surface area (Å²) in [6.07, 6.45) is -4.93. The molecule has 2 aliphatic rings. The molecular weight excluding hydrogens is 384 g/mol. The number of rotatable bonds is 1. The first-order valence-electron chi connectivity index (χ1n) is 7.96. The molecule has 4 rings (SSSR count). The smallest absolute Gasteiger partial charge is 0.323 e. The van der Waals surface area contributed by atoms with Crippen molar-refractivity contribution >= 4 is 35.0 Å². The summed E-state index contributed by atoms with van der Waals surface area (Å²) in [6.45, 7) is 1.58.